The minimum atomic E-state index is 0.455. The summed E-state index contributed by atoms with van der Waals surface area (Å²) in [6.07, 6.45) is 1.47. The average molecular weight is 351 g/mol. The smallest absolute Gasteiger partial charge is 0.159 e. The van der Waals surface area contributed by atoms with Gasteiger partial charge < -0.3 is 25.8 Å². The van der Waals surface area contributed by atoms with Gasteiger partial charge in [-0.05, 0) is 42.0 Å². The standard InChI is InChI=1S/C19H21N5O2/c1-25-15-7-3-13(4-8-15)11-21-18-17(20)19(23-12-22-18)24-14-5-9-16(26-2)10-6-14/h3-10,12H,11,20H2,1-2H3,(H2,21,22,23,24). The van der Waals surface area contributed by atoms with Crippen molar-refractivity contribution in [2.24, 2.45) is 0 Å². The Morgan fingerprint density at radius 2 is 1.42 bits per heavy atom. The van der Waals surface area contributed by atoms with E-state index in [0.717, 1.165) is 22.7 Å². The fraction of sp³-hybridized carbons (Fsp3) is 0.158. The van der Waals surface area contributed by atoms with Crippen LogP contribution in [0.2, 0.25) is 0 Å². The van der Waals surface area contributed by atoms with E-state index in [9.17, 15) is 0 Å². The van der Waals surface area contributed by atoms with Crippen LogP contribution in [0.1, 0.15) is 5.56 Å². The average Bonchev–Trinajstić information content (AvgIpc) is 2.69. The molecule has 0 saturated heterocycles. The molecule has 1 aromatic heterocycles. The third-order valence-electron chi connectivity index (χ3n) is 3.86. The summed E-state index contributed by atoms with van der Waals surface area (Å²) in [5.41, 5.74) is 8.61. The highest BCUT2D eigenvalue weighted by molar-refractivity contribution is 5.77. The molecule has 26 heavy (non-hydrogen) atoms. The van der Waals surface area contributed by atoms with Gasteiger partial charge >= 0.3 is 0 Å². The van der Waals surface area contributed by atoms with E-state index in [0.29, 0.717) is 23.9 Å². The Kier molecular flexibility index (Phi) is 5.38. The summed E-state index contributed by atoms with van der Waals surface area (Å²) >= 11 is 0. The summed E-state index contributed by atoms with van der Waals surface area (Å²) < 4.78 is 10.3. The number of hydrogen-bond acceptors (Lipinski definition) is 7. The van der Waals surface area contributed by atoms with Crippen molar-refractivity contribution in [3.63, 3.8) is 0 Å². The van der Waals surface area contributed by atoms with Crippen LogP contribution in [-0.2, 0) is 6.54 Å². The van der Waals surface area contributed by atoms with E-state index < -0.39 is 0 Å². The minimum Gasteiger partial charge on any atom is -0.497 e. The first-order chi connectivity index (χ1) is 12.7. The molecule has 4 N–H and O–H groups in total. The number of nitrogens with zero attached hydrogens (tertiary/aromatic N) is 2. The topological polar surface area (TPSA) is 94.3 Å². The van der Waals surface area contributed by atoms with Crippen molar-refractivity contribution in [1.82, 2.24) is 9.97 Å². The molecule has 0 amide bonds. The van der Waals surface area contributed by atoms with Crippen molar-refractivity contribution in [3.8, 4) is 11.5 Å². The second kappa shape index (κ2) is 8.06. The second-order valence-corrected chi connectivity index (χ2v) is 5.54. The van der Waals surface area contributed by atoms with Crippen LogP contribution in [-0.4, -0.2) is 24.2 Å². The Morgan fingerprint density at radius 3 is 2.04 bits per heavy atom. The van der Waals surface area contributed by atoms with E-state index in [1.165, 1.54) is 6.33 Å². The molecule has 0 radical (unpaired) electrons. The van der Waals surface area contributed by atoms with Crippen LogP contribution in [0.4, 0.5) is 23.0 Å². The molecule has 0 aliphatic heterocycles. The van der Waals surface area contributed by atoms with Crippen molar-refractivity contribution >= 4 is 23.0 Å². The summed E-state index contributed by atoms with van der Waals surface area (Å²) in [5, 5.41) is 6.42. The molecule has 7 heteroatoms. The third-order valence-corrected chi connectivity index (χ3v) is 3.86. The zero-order valence-corrected chi connectivity index (χ0v) is 14.7. The molecule has 0 bridgehead atoms. The van der Waals surface area contributed by atoms with Crippen LogP contribution in [0, 0.1) is 0 Å². The van der Waals surface area contributed by atoms with Gasteiger partial charge in [0.1, 0.15) is 23.5 Å². The number of methoxy groups -OCH3 is 2. The van der Waals surface area contributed by atoms with Crippen molar-refractivity contribution < 1.29 is 9.47 Å². The van der Waals surface area contributed by atoms with Crippen molar-refractivity contribution in [3.05, 3.63) is 60.4 Å². The maximum atomic E-state index is 6.20. The lowest BCUT2D eigenvalue weighted by Crippen LogP contribution is -2.08. The van der Waals surface area contributed by atoms with Crippen LogP contribution in [0.15, 0.2) is 54.9 Å². The lowest BCUT2D eigenvalue weighted by atomic mass is 10.2. The fourth-order valence-electron chi connectivity index (χ4n) is 2.38. The number of rotatable bonds is 7. The Hall–Kier alpha value is -3.48. The zero-order chi connectivity index (χ0) is 18.4. The number of anilines is 4. The number of hydrogen-bond donors (Lipinski definition) is 3. The molecule has 3 rings (SSSR count). The number of nitrogens with one attached hydrogen (secondary N) is 2. The van der Waals surface area contributed by atoms with Crippen LogP contribution in [0.3, 0.4) is 0 Å². The predicted molar refractivity (Wildman–Crippen MR) is 103 cm³/mol. The SMILES string of the molecule is COc1ccc(CNc2ncnc(Nc3ccc(OC)cc3)c2N)cc1. The second-order valence-electron chi connectivity index (χ2n) is 5.54. The number of benzene rings is 2. The normalized spacial score (nSPS) is 10.2. The fourth-order valence-corrected chi connectivity index (χ4v) is 2.38. The maximum Gasteiger partial charge on any atom is 0.159 e. The van der Waals surface area contributed by atoms with Crippen LogP contribution < -0.4 is 25.8 Å². The summed E-state index contributed by atoms with van der Waals surface area (Å²) in [5.74, 6) is 2.73. The first kappa shape index (κ1) is 17.3. The van der Waals surface area contributed by atoms with Crippen molar-refractivity contribution in [1.29, 1.82) is 0 Å². The van der Waals surface area contributed by atoms with Crippen LogP contribution in [0.5, 0.6) is 11.5 Å². The summed E-state index contributed by atoms with van der Waals surface area (Å²) in [7, 11) is 3.28. The summed E-state index contributed by atoms with van der Waals surface area (Å²) in [6.45, 7) is 0.590. The Bertz CT molecular complexity index is 851. The van der Waals surface area contributed by atoms with Gasteiger partial charge in [-0.2, -0.15) is 0 Å². The molecule has 0 atom stereocenters. The van der Waals surface area contributed by atoms with Gasteiger partial charge in [0, 0.05) is 12.2 Å². The van der Waals surface area contributed by atoms with E-state index in [2.05, 4.69) is 20.6 Å². The van der Waals surface area contributed by atoms with E-state index in [-0.39, 0.29) is 0 Å². The predicted octanol–water partition coefficient (Wildman–Crippen LogP) is 3.43. The van der Waals surface area contributed by atoms with E-state index in [1.54, 1.807) is 14.2 Å². The molecule has 7 nitrogen and oxygen atoms in total. The molecule has 1 heterocycles. The first-order valence-corrected chi connectivity index (χ1v) is 8.08. The number of ether oxygens (including phenoxy) is 2. The van der Waals surface area contributed by atoms with E-state index in [4.69, 9.17) is 15.2 Å². The Morgan fingerprint density at radius 1 is 0.846 bits per heavy atom. The van der Waals surface area contributed by atoms with Crippen LogP contribution >= 0.6 is 0 Å². The Labute approximate surface area is 152 Å². The highest BCUT2D eigenvalue weighted by Crippen LogP contribution is 2.27. The Balaban J connectivity index is 1.69. The van der Waals surface area contributed by atoms with Gasteiger partial charge in [0.05, 0.1) is 14.2 Å². The van der Waals surface area contributed by atoms with Gasteiger partial charge in [-0.3, -0.25) is 0 Å². The monoisotopic (exact) mass is 351 g/mol. The molecule has 0 aliphatic rings. The lowest BCUT2D eigenvalue weighted by molar-refractivity contribution is 0.414. The molecule has 0 spiro atoms. The largest absolute Gasteiger partial charge is 0.497 e. The van der Waals surface area contributed by atoms with Crippen LogP contribution in [0.25, 0.3) is 0 Å². The number of nitrogens with two attached hydrogens (primary N) is 1. The van der Waals surface area contributed by atoms with Gasteiger partial charge in [0.2, 0.25) is 0 Å². The molecular weight excluding hydrogens is 330 g/mol. The van der Waals surface area contributed by atoms with Gasteiger partial charge in [0.25, 0.3) is 0 Å². The van der Waals surface area contributed by atoms with Crippen molar-refractivity contribution in [2.75, 3.05) is 30.6 Å². The number of aromatic nitrogens is 2. The first-order valence-electron chi connectivity index (χ1n) is 8.08. The van der Waals surface area contributed by atoms with Crippen molar-refractivity contribution in [2.45, 2.75) is 6.54 Å². The van der Waals surface area contributed by atoms with Gasteiger partial charge in [-0.15, -0.1) is 0 Å². The molecule has 0 unspecified atom stereocenters. The molecule has 0 saturated carbocycles. The highest BCUT2D eigenvalue weighted by atomic mass is 16.5. The molecule has 3 aromatic rings. The zero-order valence-electron chi connectivity index (χ0n) is 14.7. The van der Waals surface area contributed by atoms with Gasteiger partial charge in [-0.1, -0.05) is 12.1 Å². The molecule has 2 aromatic carbocycles. The minimum absolute atomic E-state index is 0.455. The van der Waals surface area contributed by atoms with Gasteiger partial charge in [-0.25, -0.2) is 9.97 Å². The van der Waals surface area contributed by atoms with E-state index in [1.807, 2.05) is 48.5 Å². The molecular formula is C19H21N5O2. The van der Waals surface area contributed by atoms with Gasteiger partial charge in [0.15, 0.2) is 11.6 Å². The highest BCUT2D eigenvalue weighted by Gasteiger charge is 2.08. The third kappa shape index (κ3) is 4.13. The maximum absolute atomic E-state index is 6.20. The molecule has 134 valence electrons. The lowest BCUT2D eigenvalue weighted by Gasteiger charge is -2.13. The summed E-state index contributed by atoms with van der Waals surface area (Å²) in [6, 6.07) is 15.3. The van der Waals surface area contributed by atoms with E-state index >= 15 is 0 Å². The molecule has 0 fully saturated rings. The number of nitrogen functional groups attached to an aromatic ring is 1. The quantitative estimate of drug-likeness (QED) is 0.600. The molecule has 0 aliphatic carbocycles. The summed E-state index contributed by atoms with van der Waals surface area (Å²) in [4.78, 5) is 8.44.